The summed E-state index contributed by atoms with van der Waals surface area (Å²) in [6.07, 6.45) is 6.14. The van der Waals surface area contributed by atoms with Gasteiger partial charge >= 0.3 is 0 Å². The van der Waals surface area contributed by atoms with E-state index in [1.54, 1.807) is 0 Å². The van der Waals surface area contributed by atoms with E-state index < -0.39 is 0 Å². The zero-order chi connectivity index (χ0) is 9.38. The summed E-state index contributed by atoms with van der Waals surface area (Å²) in [5.41, 5.74) is 5.59. The van der Waals surface area contributed by atoms with Crippen LogP contribution >= 0.6 is 0 Å². The SMILES string of the molecule is c1ccc2c(c1)CCc1cnccc1-2. The van der Waals surface area contributed by atoms with Crippen molar-refractivity contribution in [3.05, 3.63) is 53.9 Å². The van der Waals surface area contributed by atoms with Crippen molar-refractivity contribution >= 4 is 0 Å². The van der Waals surface area contributed by atoms with Gasteiger partial charge in [0.15, 0.2) is 0 Å². The minimum absolute atomic E-state index is 1.13. The molecule has 1 aromatic heterocycles. The highest BCUT2D eigenvalue weighted by Crippen LogP contribution is 2.32. The summed E-state index contributed by atoms with van der Waals surface area (Å²) in [5.74, 6) is 0. The van der Waals surface area contributed by atoms with E-state index in [4.69, 9.17) is 0 Å². The van der Waals surface area contributed by atoms with Crippen LogP contribution in [0.3, 0.4) is 0 Å². The number of fused-ring (bicyclic) bond motifs is 3. The highest BCUT2D eigenvalue weighted by atomic mass is 14.6. The predicted molar refractivity (Wildman–Crippen MR) is 57.1 cm³/mol. The van der Waals surface area contributed by atoms with Crippen LogP contribution in [-0.2, 0) is 12.8 Å². The summed E-state index contributed by atoms with van der Waals surface area (Å²) in [7, 11) is 0. The second kappa shape index (κ2) is 2.95. The van der Waals surface area contributed by atoms with Gasteiger partial charge in [-0.3, -0.25) is 4.98 Å². The lowest BCUT2D eigenvalue weighted by Crippen LogP contribution is -2.03. The van der Waals surface area contributed by atoms with E-state index >= 15 is 0 Å². The molecule has 0 N–H and O–H groups in total. The quantitative estimate of drug-likeness (QED) is 0.609. The number of aryl methyl sites for hydroxylation is 2. The number of pyridine rings is 1. The molecule has 68 valence electrons. The molecule has 1 aliphatic rings. The number of nitrogens with zero attached hydrogens (tertiary/aromatic N) is 1. The Balaban J connectivity index is 2.29. The Kier molecular flexibility index (Phi) is 1.63. The van der Waals surface area contributed by atoms with Crippen molar-refractivity contribution in [2.75, 3.05) is 0 Å². The first kappa shape index (κ1) is 7.74. The van der Waals surface area contributed by atoms with E-state index in [2.05, 4.69) is 35.3 Å². The normalized spacial score (nSPS) is 13.1. The molecule has 0 fully saturated rings. The van der Waals surface area contributed by atoms with Gasteiger partial charge in [-0.1, -0.05) is 24.3 Å². The lowest BCUT2D eigenvalue weighted by molar-refractivity contribution is 0.931. The Morgan fingerprint density at radius 1 is 0.857 bits per heavy atom. The lowest BCUT2D eigenvalue weighted by Gasteiger charge is -2.18. The molecule has 14 heavy (non-hydrogen) atoms. The van der Waals surface area contributed by atoms with Crippen molar-refractivity contribution in [2.45, 2.75) is 12.8 Å². The van der Waals surface area contributed by atoms with E-state index in [1.807, 2.05) is 12.4 Å². The lowest BCUT2D eigenvalue weighted by atomic mass is 9.87. The Hall–Kier alpha value is -1.63. The van der Waals surface area contributed by atoms with Crippen LogP contribution in [0.25, 0.3) is 11.1 Å². The summed E-state index contributed by atoms with van der Waals surface area (Å²) in [4.78, 5) is 4.17. The van der Waals surface area contributed by atoms with Gasteiger partial charge in [0.25, 0.3) is 0 Å². The van der Waals surface area contributed by atoms with E-state index in [-0.39, 0.29) is 0 Å². The fraction of sp³-hybridized carbons (Fsp3) is 0.154. The summed E-state index contributed by atoms with van der Waals surface area (Å²) >= 11 is 0. The van der Waals surface area contributed by atoms with Crippen LogP contribution in [0.2, 0.25) is 0 Å². The van der Waals surface area contributed by atoms with Crippen molar-refractivity contribution in [3.8, 4) is 11.1 Å². The number of aromatic nitrogens is 1. The van der Waals surface area contributed by atoms with Crippen LogP contribution in [0.5, 0.6) is 0 Å². The van der Waals surface area contributed by atoms with Gasteiger partial charge < -0.3 is 0 Å². The van der Waals surface area contributed by atoms with Crippen LogP contribution in [0.4, 0.5) is 0 Å². The number of benzene rings is 1. The van der Waals surface area contributed by atoms with Gasteiger partial charge in [-0.25, -0.2) is 0 Å². The zero-order valence-corrected chi connectivity index (χ0v) is 7.90. The highest BCUT2D eigenvalue weighted by molar-refractivity contribution is 5.72. The second-order valence-corrected chi connectivity index (χ2v) is 3.69. The first-order chi connectivity index (χ1) is 6.95. The third-order valence-corrected chi connectivity index (χ3v) is 2.87. The molecule has 1 heteroatoms. The van der Waals surface area contributed by atoms with Crippen molar-refractivity contribution < 1.29 is 0 Å². The standard InChI is InChI=1S/C13H11N/c1-2-4-12-10(3-1)5-6-11-9-14-8-7-13(11)12/h1-4,7-9H,5-6H2. The van der Waals surface area contributed by atoms with Crippen LogP contribution in [0.1, 0.15) is 11.1 Å². The largest absolute Gasteiger partial charge is 0.264 e. The molecule has 1 heterocycles. The number of rotatable bonds is 0. The number of hydrogen-bond donors (Lipinski definition) is 0. The topological polar surface area (TPSA) is 12.9 Å². The molecule has 1 aromatic carbocycles. The molecule has 1 nitrogen and oxygen atoms in total. The third kappa shape index (κ3) is 1.06. The molecule has 0 spiro atoms. The highest BCUT2D eigenvalue weighted by Gasteiger charge is 2.14. The summed E-state index contributed by atoms with van der Waals surface area (Å²) in [5, 5.41) is 0. The Morgan fingerprint density at radius 3 is 2.64 bits per heavy atom. The monoisotopic (exact) mass is 181 g/mol. The van der Waals surface area contributed by atoms with Crippen LogP contribution < -0.4 is 0 Å². The van der Waals surface area contributed by atoms with Gasteiger partial charge in [-0.15, -0.1) is 0 Å². The van der Waals surface area contributed by atoms with Crippen molar-refractivity contribution in [1.29, 1.82) is 0 Å². The molecule has 1 aliphatic carbocycles. The molecule has 0 saturated heterocycles. The average molecular weight is 181 g/mol. The molecule has 0 radical (unpaired) electrons. The van der Waals surface area contributed by atoms with Crippen LogP contribution in [0, 0.1) is 0 Å². The summed E-state index contributed by atoms with van der Waals surface area (Å²) in [6.45, 7) is 0. The van der Waals surface area contributed by atoms with Crippen LogP contribution in [0.15, 0.2) is 42.7 Å². The molecule has 0 aliphatic heterocycles. The third-order valence-electron chi connectivity index (χ3n) is 2.87. The minimum atomic E-state index is 1.13. The zero-order valence-electron chi connectivity index (χ0n) is 7.90. The number of hydrogen-bond acceptors (Lipinski definition) is 1. The molecule has 3 rings (SSSR count). The van der Waals surface area contributed by atoms with Gasteiger partial charge in [-0.2, -0.15) is 0 Å². The smallest absolute Gasteiger partial charge is 0.0306 e. The van der Waals surface area contributed by atoms with Gasteiger partial charge in [0.1, 0.15) is 0 Å². The molecular weight excluding hydrogens is 170 g/mol. The average Bonchev–Trinajstić information content (AvgIpc) is 2.29. The maximum absolute atomic E-state index is 4.17. The van der Waals surface area contributed by atoms with Gasteiger partial charge in [0, 0.05) is 12.4 Å². The second-order valence-electron chi connectivity index (χ2n) is 3.69. The Morgan fingerprint density at radius 2 is 1.64 bits per heavy atom. The molecular formula is C13H11N. The predicted octanol–water partition coefficient (Wildman–Crippen LogP) is 2.85. The summed E-state index contributed by atoms with van der Waals surface area (Å²) in [6, 6.07) is 10.8. The first-order valence-electron chi connectivity index (χ1n) is 4.96. The maximum Gasteiger partial charge on any atom is 0.0306 e. The van der Waals surface area contributed by atoms with Crippen molar-refractivity contribution in [1.82, 2.24) is 4.98 Å². The fourth-order valence-electron chi connectivity index (χ4n) is 2.16. The van der Waals surface area contributed by atoms with Crippen molar-refractivity contribution in [2.24, 2.45) is 0 Å². The first-order valence-corrected chi connectivity index (χ1v) is 4.96. The fourth-order valence-corrected chi connectivity index (χ4v) is 2.16. The van der Waals surface area contributed by atoms with Crippen LogP contribution in [-0.4, -0.2) is 4.98 Å². The molecule has 0 atom stereocenters. The Bertz CT molecular complexity index is 429. The van der Waals surface area contributed by atoms with E-state index in [0.717, 1.165) is 12.8 Å². The molecule has 2 aromatic rings. The molecule has 0 unspecified atom stereocenters. The van der Waals surface area contributed by atoms with Gasteiger partial charge in [0.2, 0.25) is 0 Å². The van der Waals surface area contributed by atoms with Gasteiger partial charge in [-0.05, 0) is 41.2 Å². The molecule has 0 bridgehead atoms. The minimum Gasteiger partial charge on any atom is -0.264 e. The maximum atomic E-state index is 4.17. The molecule has 0 saturated carbocycles. The van der Waals surface area contributed by atoms with E-state index in [0.29, 0.717) is 0 Å². The summed E-state index contributed by atoms with van der Waals surface area (Å²) < 4.78 is 0. The Labute approximate surface area is 83.4 Å². The molecule has 0 amide bonds. The van der Waals surface area contributed by atoms with Gasteiger partial charge in [0.05, 0.1) is 0 Å². The van der Waals surface area contributed by atoms with E-state index in [9.17, 15) is 0 Å². The van der Waals surface area contributed by atoms with E-state index in [1.165, 1.54) is 22.3 Å². The van der Waals surface area contributed by atoms with Crippen molar-refractivity contribution in [3.63, 3.8) is 0 Å².